The highest BCUT2D eigenvalue weighted by molar-refractivity contribution is 4.99. The monoisotopic (exact) mass is 151 g/mol. The molecule has 1 aromatic rings. The lowest BCUT2D eigenvalue weighted by molar-refractivity contribution is 0.0796. The van der Waals surface area contributed by atoms with Gasteiger partial charge in [-0.15, -0.1) is 0 Å². The summed E-state index contributed by atoms with van der Waals surface area (Å²) >= 11 is 0. The summed E-state index contributed by atoms with van der Waals surface area (Å²) in [7, 11) is 0. The smallest absolute Gasteiger partial charge is 0.0738 e. The largest absolute Gasteiger partial charge is 0.390 e. The first kappa shape index (κ1) is 8.14. The van der Waals surface area contributed by atoms with Crippen LogP contribution >= 0.6 is 0 Å². The van der Waals surface area contributed by atoms with Crippen LogP contribution in [0.5, 0.6) is 0 Å². The maximum atomic E-state index is 9.38. The van der Waals surface area contributed by atoms with Crippen LogP contribution in [0.25, 0.3) is 0 Å². The van der Waals surface area contributed by atoms with Crippen LogP contribution in [0.4, 0.5) is 0 Å². The van der Waals surface area contributed by atoms with Gasteiger partial charge in [-0.05, 0) is 19.9 Å². The van der Waals surface area contributed by atoms with Crippen LogP contribution in [0.15, 0.2) is 12.3 Å². The molecule has 0 fully saturated rings. The fraction of sp³-hybridized carbons (Fsp3) is 0.500. The highest BCUT2D eigenvalue weighted by Crippen LogP contribution is 2.07. The van der Waals surface area contributed by atoms with E-state index in [1.165, 1.54) is 0 Å². The third kappa shape index (κ3) is 3.09. The second-order valence-electron chi connectivity index (χ2n) is 3.11. The van der Waals surface area contributed by atoms with Crippen molar-refractivity contribution in [2.75, 3.05) is 0 Å². The molecule has 0 amide bonds. The van der Waals surface area contributed by atoms with Gasteiger partial charge in [-0.1, -0.05) is 0 Å². The summed E-state index contributed by atoms with van der Waals surface area (Å²) in [4.78, 5) is 0. The van der Waals surface area contributed by atoms with Gasteiger partial charge >= 0.3 is 0 Å². The van der Waals surface area contributed by atoms with Crippen molar-refractivity contribution in [3.8, 4) is 0 Å². The quantitative estimate of drug-likeness (QED) is 0.673. The van der Waals surface area contributed by atoms with Crippen LogP contribution in [-0.2, 0) is 6.42 Å². The number of aliphatic hydroxyl groups is 1. The Morgan fingerprint density at radius 1 is 1.64 bits per heavy atom. The van der Waals surface area contributed by atoms with Crippen LogP contribution in [0.1, 0.15) is 19.5 Å². The van der Waals surface area contributed by atoms with E-state index in [2.05, 4.69) is 16.3 Å². The Morgan fingerprint density at radius 2 is 2.36 bits per heavy atom. The van der Waals surface area contributed by atoms with Gasteiger partial charge in [0.25, 0.3) is 0 Å². The molecule has 0 atom stereocenters. The first-order chi connectivity index (χ1) is 5.08. The van der Waals surface area contributed by atoms with Gasteiger partial charge in [0.2, 0.25) is 0 Å². The second-order valence-corrected chi connectivity index (χ2v) is 3.11. The van der Waals surface area contributed by atoms with E-state index in [0.29, 0.717) is 12.1 Å². The Balaban J connectivity index is 2.66. The lowest BCUT2D eigenvalue weighted by Gasteiger charge is -2.14. The van der Waals surface area contributed by atoms with Crippen molar-refractivity contribution in [2.24, 2.45) is 0 Å². The molecule has 3 heteroatoms. The number of rotatable bonds is 2. The average molecular weight is 151 g/mol. The molecule has 0 bridgehead atoms. The van der Waals surface area contributed by atoms with E-state index in [0.717, 1.165) is 0 Å². The summed E-state index contributed by atoms with van der Waals surface area (Å²) in [6.45, 7) is 3.46. The molecule has 0 aliphatic rings. The summed E-state index contributed by atoms with van der Waals surface area (Å²) in [6, 6.07) is 4.58. The SMILES string of the molecule is CC(C)(O)Cc1[c]ccnn1. The molecule has 1 rings (SSSR count). The second kappa shape index (κ2) is 2.96. The molecule has 59 valence electrons. The molecule has 0 aliphatic carbocycles. The first-order valence-corrected chi connectivity index (χ1v) is 3.48. The van der Waals surface area contributed by atoms with Crippen LogP contribution in [0, 0.1) is 6.07 Å². The minimum Gasteiger partial charge on any atom is -0.390 e. The molecule has 1 radical (unpaired) electrons. The fourth-order valence-electron chi connectivity index (χ4n) is 0.795. The minimum atomic E-state index is -0.730. The molecule has 0 aromatic carbocycles. The van der Waals surface area contributed by atoms with Crippen molar-refractivity contribution in [1.29, 1.82) is 0 Å². The maximum absolute atomic E-state index is 9.38. The Morgan fingerprint density at radius 3 is 2.82 bits per heavy atom. The van der Waals surface area contributed by atoms with Crippen molar-refractivity contribution in [2.45, 2.75) is 25.9 Å². The zero-order valence-electron chi connectivity index (χ0n) is 6.70. The average Bonchev–Trinajstić information content (AvgIpc) is 1.85. The minimum absolute atomic E-state index is 0.487. The summed E-state index contributed by atoms with van der Waals surface area (Å²) in [5.74, 6) is 0. The molecule has 0 saturated carbocycles. The molecular formula is C8H11N2O. The number of hydrogen-bond acceptors (Lipinski definition) is 3. The van der Waals surface area contributed by atoms with Crippen molar-refractivity contribution in [1.82, 2.24) is 10.2 Å². The van der Waals surface area contributed by atoms with E-state index in [4.69, 9.17) is 0 Å². The summed E-state index contributed by atoms with van der Waals surface area (Å²) in [6.07, 6.45) is 2.05. The van der Waals surface area contributed by atoms with E-state index >= 15 is 0 Å². The van der Waals surface area contributed by atoms with Crippen LogP contribution in [-0.4, -0.2) is 20.9 Å². The number of nitrogens with zero attached hydrogens (tertiary/aromatic N) is 2. The molecular weight excluding hydrogens is 140 g/mol. The molecule has 3 nitrogen and oxygen atoms in total. The van der Waals surface area contributed by atoms with E-state index in [-0.39, 0.29) is 0 Å². The molecule has 1 N–H and O–H groups in total. The van der Waals surface area contributed by atoms with Crippen LogP contribution in [0.3, 0.4) is 0 Å². The highest BCUT2D eigenvalue weighted by Gasteiger charge is 2.13. The number of hydrogen-bond donors (Lipinski definition) is 1. The Labute approximate surface area is 66.1 Å². The standard InChI is InChI=1S/C8H11N2O/c1-8(2,11)6-7-4-3-5-9-10-7/h3,5,11H,6H2,1-2H3. The first-order valence-electron chi connectivity index (χ1n) is 3.48. The lowest BCUT2D eigenvalue weighted by Crippen LogP contribution is -2.22. The summed E-state index contributed by atoms with van der Waals surface area (Å²) < 4.78 is 0. The topological polar surface area (TPSA) is 46.0 Å². The van der Waals surface area contributed by atoms with Crippen molar-refractivity contribution < 1.29 is 5.11 Å². The summed E-state index contributed by atoms with van der Waals surface area (Å²) in [5.41, 5.74) is -0.0352. The van der Waals surface area contributed by atoms with E-state index < -0.39 is 5.60 Å². The van der Waals surface area contributed by atoms with E-state index in [1.54, 1.807) is 26.1 Å². The van der Waals surface area contributed by atoms with Gasteiger partial charge in [-0.25, -0.2) is 0 Å². The van der Waals surface area contributed by atoms with Crippen molar-refractivity contribution in [3.05, 3.63) is 24.0 Å². The zero-order chi connectivity index (χ0) is 8.32. The molecule has 0 unspecified atom stereocenters. The van der Waals surface area contributed by atoms with Gasteiger partial charge in [0, 0.05) is 12.5 Å². The van der Waals surface area contributed by atoms with Gasteiger partial charge < -0.3 is 5.11 Å². The van der Waals surface area contributed by atoms with Crippen LogP contribution < -0.4 is 0 Å². The van der Waals surface area contributed by atoms with Gasteiger partial charge in [0.15, 0.2) is 0 Å². The van der Waals surface area contributed by atoms with Gasteiger partial charge in [-0.3, -0.25) is 0 Å². The van der Waals surface area contributed by atoms with Crippen LogP contribution in [0.2, 0.25) is 0 Å². The predicted molar refractivity (Wildman–Crippen MR) is 40.9 cm³/mol. The molecule has 11 heavy (non-hydrogen) atoms. The fourth-order valence-corrected chi connectivity index (χ4v) is 0.795. The normalized spacial score (nSPS) is 11.5. The molecule has 1 aromatic heterocycles. The van der Waals surface area contributed by atoms with Crippen molar-refractivity contribution >= 4 is 0 Å². The third-order valence-corrected chi connectivity index (χ3v) is 1.17. The predicted octanol–water partition coefficient (Wildman–Crippen LogP) is 0.590. The Kier molecular flexibility index (Phi) is 2.19. The van der Waals surface area contributed by atoms with Gasteiger partial charge in [0.1, 0.15) is 0 Å². The lowest BCUT2D eigenvalue weighted by atomic mass is 10.0. The number of aromatic nitrogens is 2. The third-order valence-electron chi connectivity index (χ3n) is 1.17. The molecule has 0 saturated heterocycles. The molecule has 1 heterocycles. The summed E-state index contributed by atoms with van der Waals surface area (Å²) in [5, 5.41) is 16.9. The Bertz CT molecular complexity index is 215. The van der Waals surface area contributed by atoms with E-state index in [9.17, 15) is 5.11 Å². The van der Waals surface area contributed by atoms with Gasteiger partial charge in [-0.2, -0.15) is 10.2 Å². The Hall–Kier alpha value is -0.960. The van der Waals surface area contributed by atoms with Crippen molar-refractivity contribution in [3.63, 3.8) is 0 Å². The molecule has 0 aliphatic heterocycles. The van der Waals surface area contributed by atoms with Gasteiger partial charge in [0.05, 0.1) is 17.5 Å². The highest BCUT2D eigenvalue weighted by atomic mass is 16.3. The zero-order valence-corrected chi connectivity index (χ0v) is 6.70. The maximum Gasteiger partial charge on any atom is 0.0738 e. The molecule has 0 spiro atoms. The van der Waals surface area contributed by atoms with E-state index in [1.807, 2.05) is 0 Å².